The topological polar surface area (TPSA) is 50.7 Å². The van der Waals surface area contributed by atoms with Gasteiger partial charge in [0.25, 0.3) is 5.91 Å². The Hall–Kier alpha value is -2.33. The Morgan fingerprint density at radius 3 is 2.60 bits per heavy atom. The Bertz CT molecular complexity index is 600. The zero-order valence-electron chi connectivity index (χ0n) is 10.6. The zero-order valence-corrected chi connectivity index (χ0v) is 11.4. The van der Waals surface area contributed by atoms with Gasteiger partial charge in [-0.1, -0.05) is 54.1 Å². The number of hydrazone groups is 1. The molecule has 0 aliphatic heterocycles. The number of carbonyl (C=O) groups excluding carboxylic acids is 1. The molecule has 4 nitrogen and oxygen atoms in total. The summed E-state index contributed by atoms with van der Waals surface area (Å²) in [6, 6.07) is 16.4. The number of amides is 1. The average Bonchev–Trinajstić information content (AvgIpc) is 2.47. The second kappa shape index (κ2) is 7.31. The fourth-order valence-corrected chi connectivity index (χ4v) is 1.65. The minimum Gasteiger partial charge on any atom is -0.482 e. The van der Waals surface area contributed by atoms with E-state index in [0.717, 1.165) is 5.56 Å². The summed E-state index contributed by atoms with van der Waals surface area (Å²) in [6.45, 7) is -0.143. The van der Waals surface area contributed by atoms with Crippen molar-refractivity contribution < 1.29 is 9.53 Å². The van der Waals surface area contributed by atoms with Crippen LogP contribution in [0.3, 0.4) is 0 Å². The summed E-state index contributed by atoms with van der Waals surface area (Å²) in [5.74, 6) is 0.119. The summed E-state index contributed by atoms with van der Waals surface area (Å²) < 4.78 is 5.28. The van der Waals surface area contributed by atoms with E-state index in [1.165, 1.54) is 0 Å². The SMILES string of the molecule is O=C(COc1ccccc1Cl)N/N=C/c1ccccc1. The van der Waals surface area contributed by atoms with Crippen molar-refractivity contribution in [2.24, 2.45) is 5.10 Å². The fourth-order valence-electron chi connectivity index (χ4n) is 1.46. The van der Waals surface area contributed by atoms with Gasteiger partial charge in [-0.3, -0.25) is 4.79 Å². The van der Waals surface area contributed by atoms with E-state index in [0.29, 0.717) is 10.8 Å². The number of hydrogen-bond donors (Lipinski definition) is 1. The molecular weight excluding hydrogens is 276 g/mol. The molecule has 0 bridgehead atoms. The van der Waals surface area contributed by atoms with Gasteiger partial charge in [-0.15, -0.1) is 0 Å². The molecule has 0 aliphatic rings. The van der Waals surface area contributed by atoms with Crippen molar-refractivity contribution in [2.75, 3.05) is 6.61 Å². The normalized spacial score (nSPS) is 10.4. The molecule has 0 aromatic heterocycles. The van der Waals surface area contributed by atoms with Gasteiger partial charge in [0.15, 0.2) is 6.61 Å². The molecular formula is C15H13ClN2O2. The molecule has 2 aromatic carbocycles. The predicted octanol–water partition coefficient (Wildman–Crippen LogP) is 2.87. The largest absolute Gasteiger partial charge is 0.482 e. The smallest absolute Gasteiger partial charge is 0.277 e. The maximum Gasteiger partial charge on any atom is 0.277 e. The van der Waals surface area contributed by atoms with E-state index < -0.39 is 0 Å². The monoisotopic (exact) mass is 288 g/mol. The molecule has 0 radical (unpaired) electrons. The molecule has 0 atom stereocenters. The zero-order chi connectivity index (χ0) is 14.2. The molecule has 20 heavy (non-hydrogen) atoms. The van der Waals surface area contributed by atoms with Gasteiger partial charge in [0.2, 0.25) is 0 Å². The average molecular weight is 289 g/mol. The quantitative estimate of drug-likeness (QED) is 0.679. The Kier molecular flexibility index (Phi) is 5.15. The molecule has 0 saturated heterocycles. The highest BCUT2D eigenvalue weighted by atomic mass is 35.5. The first-order valence-corrected chi connectivity index (χ1v) is 6.38. The van der Waals surface area contributed by atoms with Gasteiger partial charge in [-0.25, -0.2) is 5.43 Å². The summed E-state index contributed by atoms with van der Waals surface area (Å²) in [5, 5.41) is 4.30. The Morgan fingerprint density at radius 1 is 1.15 bits per heavy atom. The lowest BCUT2D eigenvalue weighted by Crippen LogP contribution is -2.24. The highest BCUT2D eigenvalue weighted by Gasteiger charge is 2.03. The van der Waals surface area contributed by atoms with Gasteiger partial charge in [0.05, 0.1) is 11.2 Å². The van der Waals surface area contributed by atoms with Crippen LogP contribution in [0.15, 0.2) is 59.7 Å². The third-order valence-corrected chi connectivity index (χ3v) is 2.71. The summed E-state index contributed by atoms with van der Waals surface area (Å²) >= 11 is 5.91. The molecule has 0 unspecified atom stereocenters. The highest BCUT2D eigenvalue weighted by molar-refractivity contribution is 6.32. The summed E-state index contributed by atoms with van der Waals surface area (Å²) in [5.41, 5.74) is 3.29. The van der Waals surface area contributed by atoms with Crippen molar-refractivity contribution in [2.45, 2.75) is 0 Å². The number of rotatable bonds is 5. The Labute approximate surface area is 122 Å². The maximum atomic E-state index is 11.5. The fraction of sp³-hybridized carbons (Fsp3) is 0.0667. The van der Waals surface area contributed by atoms with Gasteiger partial charge in [-0.2, -0.15) is 5.10 Å². The Balaban J connectivity index is 1.79. The summed E-state index contributed by atoms with van der Waals surface area (Å²) in [6.07, 6.45) is 1.56. The number of carbonyl (C=O) groups is 1. The molecule has 2 rings (SSSR count). The lowest BCUT2D eigenvalue weighted by molar-refractivity contribution is -0.123. The third-order valence-electron chi connectivity index (χ3n) is 2.40. The van der Waals surface area contributed by atoms with Crippen molar-refractivity contribution >= 4 is 23.7 Å². The van der Waals surface area contributed by atoms with Crippen LogP contribution >= 0.6 is 11.6 Å². The first-order valence-electron chi connectivity index (χ1n) is 6.00. The number of ether oxygens (including phenoxy) is 1. The molecule has 0 fully saturated rings. The molecule has 1 N–H and O–H groups in total. The first-order chi connectivity index (χ1) is 9.75. The van der Waals surface area contributed by atoms with E-state index in [2.05, 4.69) is 10.5 Å². The molecule has 102 valence electrons. The summed E-state index contributed by atoms with van der Waals surface area (Å²) in [4.78, 5) is 11.5. The van der Waals surface area contributed by atoms with E-state index in [1.54, 1.807) is 30.5 Å². The van der Waals surface area contributed by atoms with E-state index in [9.17, 15) is 4.79 Å². The predicted molar refractivity (Wildman–Crippen MR) is 79.1 cm³/mol. The van der Waals surface area contributed by atoms with Gasteiger partial charge >= 0.3 is 0 Å². The van der Waals surface area contributed by atoms with E-state index >= 15 is 0 Å². The lowest BCUT2D eigenvalue weighted by atomic mass is 10.2. The minimum atomic E-state index is -0.350. The highest BCUT2D eigenvalue weighted by Crippen LogP contribution is 2.22. The number of nitrogens with one attached hydrogen (secondary N) is 1. The summed E-state index contributed by atoms with van der Waals surface area (Å²) in [7, 11) is 0. The number of benzene rings is 2. The van der Waals surface area contributed by atoms with Crippen LogP contribution in [-0.4, -0.2) is 18.7 Å². The third kappa shape index (κ3) is 4.40. The van der Waals surface area contributed by atoms with E-state index in [4.69, 9.17) is 16.3 Å². The number of para-hydroxylation sites is 1. The van der Waals surface area contributed by atoms with Gasteiger partial charge < -0.3 is 4.74 Å². The van der Waals surface area contributed by atoms with Crippen LogP contribution in [0.4, 0.5) is 0 Å². The van der Waals surface area contributed by atoms with Crippen LogP contribution in [-0.2, 0) is 4.79 Å². The number of nitrogens with zero attached hydrogens (tertiary/aromatic N) is 1. The van der Waals surface area contributed by atoms with Crippen LogP contribution in [0.2, 0.25) is 5.02 Å². The molecule has 0 aliphatic carbocycles. The maximum absolute atomic E-state index is 11.5. The first kappa shape index (κ1) is 14.1. The van der Waals surface area contributed by atoms with Crippen molar-refractivity contribution in [3.05, 3.63) is 65.2 Å². The molecule has 0 spiro atoms. The van der Waals surface area contributed by atoms with Crippen molar-refractivity contribution in [3.63, 3.8) is 0 Å². The van der Waals surface area contributed by atoms with Gasteiger partial charge in [-0.05, 0) is 17.7 Å². The standard InChI is InChI=1S/C15H13ClN2O2/c16-13-8-4-5-9-14(13)20-11-15(19)18-17-10-12-6-2-1-3-7-12/h1-10H,11H2,(H,18,19)/b17-10+. The van der Waals surface area contributed by atoms with E-state index in [1.807, 2.05) is 30.3 Å². The molecule has 2 aromatic rings. The van der Waals surface area contributed by atoms with E-state index in [-0.39, 0.29) is 12.5 Å². The lowest BCUT2D eigenvalue weighted by Gasteiger charge is -2.06. The van der Waals surface area contributed by atoms with Gasteiger partial charge in [0, 0.05) is 0 Å². The van der Waals surface area contributed by atoms with Gasteiger partial charge in [0.1, 0.15) is 5.75 Å². The van der Waals surface area contributed by atoms with Crippen LogP contribution < -0.4 is 10.2 Å². The van der Waals surface area contributed by atoms with Crippen molar-refractivity contribution in [1.82, 2.24) is 5.43 Å². The Morgan fingerprint density at radius 2 is 1.85 bits per heavy atom. The second-order valence-electron chi connectivity index (χ2n) is 3.92. The molecule has 5 heteroatoms. The molecule has 0 saturated carbocycles. The van der Waals surface area contributed by atoms with Crippen molar-refractivity contribution in [1.29, 1.82) is 0 Å². The molecule has 1 amide bonds. The number of hydrogen-bond acceptors (Lipinski definition) is 3. The van der Waals surface area contributed by atoms with Crippen LogP contribution in [0, 0.1) is 0 Å². The van der Waals surface area contributed by atoms with Crippen molar-refractivity contribution in [3.8, 4) is 5.75 Å². The molecule has 0 heterocycles. The van der Waals surface area contributed by atoms with Crippen LogP contribution in [0.25, 0.3) is 0 Å². The minimum absolute atomic E-state index is 0.143. The van der Waals surface area contributed by atoms with Crippen LogP contribution in [0.1, 0.15) is 5.56 Å². The van der Waals surface area contributed by atoms with Crippen LogP contribution in [0.5, 0.6) is 5.75 Å². The number of halogens is 1. The second-order valence-corrected chi connectivity index (χ2v) is 4.33.